The quantitative estimate of drug-likeness (QED) is 0.519. The lowest BCUT2D eigenvalue weighted by atomic mass is 9.69. The van der Waals surface area contributed by atoms with Crippen LogP contribution in [0.15, 0.2) is 54.6 Å². The topological polar surface area (TPSA) is 52.0 Å². The van der Waals surface area contributed by atoms with Gasteiger partial charge in [0.05, 0.1) is 5.69 Å². The molecular formula is C27H31N3O. The average Bonchev–Trinajstić information content (AvgIpc) is 3.17. The van der Waals surface area contributed by atoms with Crippen LogP contribution in [0, 0.1) is 29.2 Å². The Morgan fingerprint density at radius 3 is 2.71 bits per heavy atom. The molecule has 1 aromatic heterocycles. The molecule has 2 aromatic carbocycles. The Balaban J connectivity index is 1.61. The van der Waals surface area contributed by atoms with Gasteiger partial charge in [-0.05, 0) is 60.8 Å². The highest BCUT2D eigenvalue weighted by molar-refractivity contribution is 5.84. The summed E-state index contributed by atoms with van der Waals surface area (Å²) in [5.74, 6) is 2.67. The van der Waals surface area contributed by atoms with Crippen LogP contribution in [0.1, 0.15) is 50.0 Å². The number of nitrogens with zero attached hydrogens (tertiary/aromatic N) is 2. The minimum atomic E-state index is -0.00788. The summed E-state index contributed by atoms with van der Waals surface area (Å²) < 4.78 is 6.68. The summed E-state index contributed by atoms with van der Waals surface area (Å²) in [6.45, 7) is 4.03. The molecule has 160 valence electrons. The van der Waals surface area contributed by atoms with Crippen LogP contribution in [0.5, 0.6) is 5.75 Å². The van der Waals surface area contributed by atoms with Gasteiger partial charge in [0.2, 0.25) is 0 Å². The van der Waals surface area contributed by atoms with Crippen molar-refractivity contribution in [2.45, 2.75) is 45.1 Å². The van der Waals surface area contributed by atoms with Gasteiger partial charge in [-0.15, -0.1) is 0 Å². The first-order valence-electron chi connectivity index (χ1n) is 11.7. The zero-order chi connectivity index (χ0) is 21.2. The van der Waals surface area contributed by atoms with Crippen molar-refractivity contribution in [3.05, 3.63) is 65.9 Å². The van der Waals surface area contributed by atoms with Crippen LogP contribution in [0.2, 0.25) is 0 Å². The maximum absolute atomic E-state index is 9.83. The smallest absolute Gasteiger partial charge is 0.179 e. The number of ether oxygens (including phenoxy) is 1. The number of benzene rings is 2. The molecule has 4 atom stereocenters. The molecule has 2 heterocycles. The van der Waals surface area contributed by atoms with E-state index in [9.17, 15) is 5.26 Å². The Labute approximate surface area is 184 Å². The Morgan fingerprint density at radius 1 is 1.06 bits per heavy atom. The first kappa shape index (κ1) is 20.0. The first-order valence-corrected chi connectivity index (χ1v) is 11.7. The summed E-state index contributed by atoms with van der Waals surface area (Å²) in [5.41, 5.74) is 3.66. The monoisotopic (exact) mass is 413 g/mol. The number of hydrogen-bond donors (Lipinski definition) is 1. The number of H-pyrrole nitrogens is 1. The number of fused-ring (bicyclic) bond motifs is 4. The molecule has 4 heteroatoms. The highest BCUT2D eigenvalue weighted by atomic mass is 16.5. The van der Waals surface area contributed by atoms with Crippen molar-refractivity contribution in [2.75, 3.05) is 13.1 Å². The summed E-state index contributed by atoms with van der Waals surface area (Å²) in [7, 11) is 0. The van der Waals surface area contributed by atoms with E-state index in [-0.39, 0.29) is 6.10 Å². The lowest BCUT2D eigenvalue weighted by Crippen LogP contribution is -2.38. The lowest BCUT2D eigenvalue weighted by Gasteiger charge is -2.40. The number of para-hydroxylation sites is 2. The molecule has 0 unspecified atom stereocenters. The van der Waals surface area contributed by atoms with Crippen molar-refractivity contribution in [1.82, 2.24) is 9.88 Å². The van der Waals surface area contributed by atoms with Gasteiger partial charge in [-0.1, -0.05) is 56.2 Å². The minimum absolute atomic E-state index is 0.00788. The summed E-state index contributed by atoms with van der Waals surface area (Å²) >= 11 is 0. The first-order chi connectivity index (χ1) is 15.2. The van der Waals surface area contributed by atoms with Gasteiger partial charge < -0.3 is 14.6 Å². The minimum Gasteiger partial charge on any atom is -0.484 e. The van der Waals surface area contributed by atoms with E-state index in [1.54, 1.807) is 0 Å². The third-order valence-corrected chi connectivity index (χ3v) is 7.48. The van der Waals surface area contributed by atoms with Gasteiger partial charge >= 0.3 is 0 Å². The Kier molecular flexibility index (Phi) is 5.59. The number of nitriles is 1. The van der Waals surface area contributed by atoms with Crippen LogP contribution in [-0.2, 0) is 6.42 Å². The number of nitrogens with one attached hydrogen (secondary N) is 1. The second kappa shape index (κ2) is 8.67. The van der Waals surface area contributed by atoms with E-state index in [4.69, 9.17) is 4.74 Å². The molecule has 1 N–H and O–H groups in total. The summed E-state index contributed by atoms with van der Waals surface area (Å²) in [4.78, 5) is 5.72. The molecule has 1 aliphatic heterocycles. The third kappa shape index (κ3) is 4.02. The van der Waals surface area contributed by atoms with Crippen LogP contribution in [-0.4, -0.2) is 23.0 Å². The molecule has 5 rings (SSSR count). The average molecular weight is 414 g/mol. The predicted octanol–water partition coefficient (Wildman–Crippen LogP) is 6.07. The highest BCUT2D eigenvalue weighted by Crippen LogP contribution is 2.43. The van der Waals surface area contributed by atoms with E-state index in [1.165, 1.54) is 35.9 Å². The van der Waals surface area contributed by atoms with Crippen LogP contribution in [0.3, 0.4) is 0 Å². The molecule has 0 amide bonds. The molecule has 0 bridgehead atoms. The fraction of sp³-hybridized carbons (Fsp3) is 0.444. The molecule has 3 aromatic rings. The van der Waals surface area contributed by atoms with E-state index < -0.39 is 0 Å². The highest BCUT2D eigenvalue weighted by Gasteiger charge is 2.36. The van der Waals surface area contributed by atoms with Crippen LogP contribution in [0.25, 0.3) is 10.9 Å². The molecule has 1 aliphatic carbocycles. The standard InChI is InChI=1S/C27H31N3O/c1-19-8-7-9-20-17-30(18-28)15-14-23-22-12-5-6-13-25(22)29-27(23)26(16-24(19)20)31-21-10-3-2-4-11-21/h2-6,10-13,19-20,24,26,29H,7-9,14-17H2,1H3/t19-,20-,24+,26-/m0/s1. The molecule has 0 radical (unpaired) electrons. The number of aromatic amines is 1. The Hall–Kier alpha value is -2.93. The third-order valence-electron chi connectivity index (χ3n) is 7.48. The van der Waals surface area contributed by atoms with E-state index >= 15 is 0 Å². The molecule has 4 nitrogen and oxygen atoms in total. The fourth-order valence-electron chi connectivity index (χ4n) is 5.86. The van der Waals surface area contributed by atoms with E-state index in [0.29, 0.717) is 17.8 Å². The van der Waals surface area contributed by atoms with Crippen LogP contribution < -0.4 is 4.74 Å². The van der Waals surface area contributed by atoms with Crippen molar-refractivity contribution >= 4 is 10.9 Å². The molecule has 1 saturated carbocycles. The van der Waals surface area contributed by atoms with Crippen molar-refractivity contribution in [1.29, 1.82) is 5.26 Å². The second-order valence-corrected chi connectivity index (χ2v) is 9.35. The molecule has 0 saturated heterocycles. The normalized spacial score (nSPS) is 26.5. The summed E-state index contributed by atoms with van der Waals surface area (Å²) in [6.07, 6.45) is 8.07. The zero-order valence-electron chi connectivity index (χ0n) is 18.3. The predicted molar refractivity (Wildman–Crippen MR) is 124 cm³/mol. The van der Waals surface area contributed by atoms with E-state index in [1.807, 2.05) is 23.1 Å². The van der Waals surface area contributed by atoms with Crippen molar-refractivity contribution in [2.24, 2.45) is 17.8 Å². The summed E-state index contributed by atoms with van der Waals surface area (Å²) in [6, 6.07) is 18.7. The second-order valence-electron chi connectivity index (χ2n) is 9.35. The molecule has 31 heavy (non-hydrogen) atoms. The van der Waals surface area contributed by atoms with Gasteiger partial charge in [-0.3, -0.25) is 0 Å². The Morgan fingerprint density at radius 2 is 1.87 bits per heavy atom. The van der Waals surface area contributed by atoms with Gasteiger partial charge in [0.1, 0.15) is 11.9 Å². The van der Waals surface area contributed by atoms with Gasteiger partial charge in [0.15, 0.2) is 6.19 Å². The van der Waals surface area contributed by atoms with Gasteiger partial charge in [0, 0.05) is 24.0 Å². The number of rotatable bonds is 2. The maximum Gasteiger partial charge on any atom is 0.179 e. The van der Waals surface area contributed by atoms with Crippen molar-refractivity contribution in [3.8, 4) is 11.9 Å². The van der Waals surface area contributed by atoms with Crippen LogP contribution >= 0.6 is 0 Å². The molecule has 2 aliphatic rings. The molecule has 1 fully saturated rings. The molecule has 0 spiro atoms. The van der Waals surface area contributed by atoms with E-state index in [2.05, 4.69) is 54.5 Å². The van der Waals surface area contributed by atoms with Crippen molar-refractivity contribution < 1.29 is 4.74 Å². The van der Waals surface area contributed by atoms with Gasteiger partial charge in [0.25, 0.3) is 0 Å². The van der Waals surface area contributed by atoms with Crippen LogP contribution in [0.4, 0.5) is 0 Å². The largest absolute Gasteiger partial charge is 0.484 e. The lowest BCUT2D eigenvalue weighted by molar-refractivity contribution is 0.0717. The molecular weight excluding hydrogens is 382 g/mol. The number of aromatic nitrogens is 1. The van der Waals surface area contributed by atoms with Crippen molar-refractivity contribution in [3.63, 3.8) is 0 Å². The zero-order valence-corrected chi connectivity index (χ0v) is 18.3. The SMILES string of the molecule is C[C@H]1CCC[C@H]2CN(C#N)CCc3c([nH]c4ccccc34)[C@@H](Oc3ccccc3)C[C@@H]21. The fourth-order valence-corrected chi connectivity index (χ4v) is 5.86. The van der Waals surface area contributed by atoms with Gasteiger partial charge in [-0.2, -0.15) is 5.26 Å². The summed E-state index contributed by atoms with van der Waals surface area (Å²) in [5, 5.41) is 11.1. The van der Waals surface area contributed by atoms with Gasteiger partial charge in [-0.25, -0.2) is 0 Å². The maximum atomic E-state index is 9.83. The Bertz CT molecular complexity index is 1070. The van der Waals surface area contributed by atoms with E-state index in [0.717, 1.165) is 37.2 Å². The number of hydrogen-bond acceptors (Lipinski definition) is 3.